The lowest BCUT2D eigenvalue weighted by molar-refractivity contribution is -0.150. The van der Waals surface area contributed by atoms with Crippen molar-refractivity contribution in [2.75, 3.05) is 46.1 Å². The molecule has 0 bridgehead atoms. The third-order valence-electron chi connectivity index (χ3n) is 12.2. The van der Waals surface area contributed by atoms with Gasteiger partial charge < -0.3 is 29.0 Å². The van der Waals surface area contributed by atoms with Crippen molar-refractivity contribution in [2.24, 2.45) is 11.8 Å². The molecule has 1 fully saturated rings. The zero-order chi connectivity index (χ0) is 47.1. The normalized spacial score (nSPS) is 13.6. The number of carboxylic acids is 1. The van der Waals surface area contributed by atoms with Gasteiger partial charge in [-0.3, -0.25) is 24.0 Å². The van der Waals surface area contributed by atoms with Gasteiger partial charge in [0.25, 0.3) is 0 Å². The van der Waals surface area contributed by atoms with Gasteiger partial charge in [-0.1, -0.05) is 163 Å². The Hall–Kier alpha value is -2.69. The van der Waals surface area contributed by atoms with Crippen LogP contribution in [0.2, 0.25) is 0 Å². The first-order valence-corrected chi connectivity index (χ1v) is 26.8. The van der Waals surface area contributed by atoms with Crippen molar-refractivity contribution in [2.45, 2.75) is 252 Å². The molecular weight excluding hydrogens is 811 g/mol. The van der Waals surface area contributed by atoms with E-state index in [0.717, 1.165) is 71.0 Å². The molecule has 1 N–H and O–H groups in total. The first kappa shape index (κ1) is 61.3. The zero-order valence-corrected chi connectivity index (χ0v) is 41.9. The van der Waals surface area contributed by atoms with Crippen LogP contribution in [0.15, 0.2) is 0 Å². The van der Waals surface area contributed by atoms with Crippen LogP contribution in [0.25, 0.3) is 0 Å². The molecule has 1 rings (SSSR count). The lowest BCUT2D eigenvalue weighted by atomic mass is 9.94. The maximum absolute atomic E-state index is 12.7. The molecule has 1 heterocycles. The van der Waals surface area contributed by atoms with Gasteiger partial charge >= 0.3 is 29.8 Å². The maximum atomic E-state index is 12.7. The molecule has 64 heavy (non-hydrogen) atoms. The number of unbranched alkanes of at least 4 members (excludes halogenated alkanes) is 18. The Balaban J connectivity index is 0.00000137. The van der Waals surface area contributed by atoms with Crippen molar-refractivity contribution in [3.8, 4) is 0 Å². The van der Waals surface area contributed by atoms with Gasteiger partial charge in [-0.25, -0.2) is 0 Å². The monoisotopic (exact) mass is 910 g/mol. The fourth-order valence-electron chi connectivity index (χ4n) is 8.08. The van der Waals surface area contributed by atoms with Gasteiger partial charge in [0.05, 0.1) is 44.7 Å². The Kier molecular flexibility index (Phi) is 44.9. The second-order valence-corrected chi connectivity index (χ2v) is 18.3. The Morgan fingerprint density at radius 2 is 0.766 bits per heavy atom. The number of esters is 4. The lowest BCUT2D eigenvalue weighted by Gasteiger charge is -2.25. The molecular formula is C53H99NO10. The van der Waals surface area contributed by atoms with E-state index in [-0.39, 0.29) is 55.3 Å². The van der Waals surface area contributed by atoms with E-state index >= 15 is 0 Å². The Labute approximate surface area is 392 Å². The lowest BCUT2D eigenvalue weighted by Crippen LogP contribution is -2.32. The third-order valence-corrected chi connectivity index (χ3v) is 12.2. The molecule has 0 aromatic carbocycles. The number of carbonyl (C=O) groups excluding carboxylic acids is 4. The van der Waals surface area contributed by atoms with Crippen LogP contribution in [-0.4, -0.2) is 85.9 Å². The molecule has 11 heteroatoms. The van der Waals surface area contributed by atoms with Crippen molar-refractivity contribution in [3.05, 3.63) is 0 Å². The average molecular weight is 910 g/mol. The maximum Gasteiger partial charge on any atom is 0.308 e. The SMILES string of the molecule is CCCCCCCCC(CCCCCC)C(=O)OCCCCC(=O)O.CCCCCCCCC(CCCCCC)C(=O)OCCCCC(=O)OCCCOC(=O)CCN1CCCCC1. The van der Waals surface area contributed by atoms with E-state index < -0.39 is 5.97 Å². The Morgan fingerprint density at radius 1 is 0.406 bits per heavy atom. The standard InChI is InChI=1S/C32H59NO6.C21H40O4/c1-3-5-7-9-10-13-20-29(19-12-8-6-4-2)32(36)39-26-17-14-21-30(34)37-27-18-28-38-31(35)22-25-33-23-15-11-16-24-33;1-3-5-7-9-10-12-16-19(15-11-8-6-4-2)21(24)25-18-14-13-17-20(22)23/h29H,3-28H2,1-2H3;19H,3-18H2,1-2H3,(H,22,23). The van der Waals surface area contributed by atoms with Crippen molar-refractivity contribution >= 4 is 29.8 Å². The highest BCUT2D eigenvalue weighted by Gasteiger charge is 2.21. The van der Waals surface area contributed by atoms with Crippen LogP contribution < -0.4 is 0 Å². The molecule has 0 aliphatic carbocycles. The van der Waals surface area contributed by atoms with Crippen LogP contribution in [-0.2, 0) is 42.9 Å². The number of aliphatic carboxylic acids is 1. The van der Waals surface area contributed by atoms with E-state index in [4.69, 9.17) is 24.1 Å². The van der Waals surface area contributed by atoms with E-state index in [1.807, 2.05) is 0 Å². The number of rotatable bonds is 43. The predicted octanol–water partition coefficient (Wildman–Crippen LogP) is 13.5. The summed E-state index contributed by atoms with van der Waals surface area (Å²) in [5.74, 6) is -1.32. The fraction of sp³-hybridized carbons (Fsp3) is 0.906. The van der Waals surface area contributed by atoms with Gasteiger partial charge in [-0.15, -0.1) is 0 Å². The summed E-state index contributed by atoms with van der Waals surface area (Å²) in [7, 11) is 0. The van der Waals surface area contributed by atoms with Crippen LogP contribution in [0.4, 0.5) is 0 Å². The Bertz CT molecular complexity index is 1110. The number of likely N-dealkylation sites (tertiary alicyclic amines) is 1. The smallest absolute Gasteiger partial charge is 0.308 e. The van der Waals surface area contributed by atoms with E-state index in [2.05, 4.69) is 32.6 Å². The number of hydrogen-bond acceptors (Lipinski definition) is 10. The van der Waals surface area contributed by atoms with Crippen LogP contribution in [0.5, 0.6) is 0 Å². The van der Waals surface area contributed by atoms with Gasteiger partial charge in [0.1, 0.15) is 0 Å². The second-order valence-electron chi connectivity index (χ2n) is 18.3. The van der Waals surface area contributed by atoms with E-state index in [1.165, 1.54) is 122 Å². The highest BCUT2D eigenvalue weighted by molar-refractivity contribution is 5.73. The molecule has 1 saturated heterocycles. The second kappa shape index (κ2) is 46.8. The molecule has 0 saturated carbocycles. The van der Waals surface area contributed by atoms with Crippen LogP contribution in [0.1, 0.15) is 252 Å². The van der Waals surface area contributed by atoms with E-state index in [0.29, 0.717) is 58.2 Å². The summed E-state index contributed by atoms with van der Waals surface area (Å²) in [4.78, 5) is 61.6. The molecule has 11 nitrogen and oxygen atoms in total. The molecule has 0 radical (unpaired) electrons. The first-order valence-electron chi connectivity index (χ1n) is 26.8. The molecule has 1 aliphatic rings. The minimum absolute atomic E-state index is 0.0110. The molecule has 2 unspecified atom stereocenters. The molecule has 0 amide bonds. The van der Waals surface area contributed by atoms with Gasteiger partial charge in [-0.05, 0) is 77.3 Å². The highest BCUT2D eigenvalue weighted by atomic mass is 16.5. The topological polar surface area (TPSA) is 146 Å². The number of piperidine rings is 1. The minimum Gasteiger partial charge on any atom is -0.481 e. The van der Waals surface area contributed by atoms with Gasteiger partial charge in [0.15, 0.2) is 0 Å². The molecule has 0 aromatic heterocycles. The number of carbonyl (C=O) groups is 5. The quantitative estimate of drug-likeness (QED) is 0.0354. The van der Waals surface area contributed by atoms with Crippen LogP contribution >= 0.6 is 0 Å². The first-order chi connectivity index (χ1) is 31.2. The van der Waals surface area contributed by atoms with Crippen molar-refractivity contribution in [1.29, 1.82) is 0 Å². The summed E-state index contributed by atoms with van der Waals surface area (Å²) in [6.45, 7) is 13.0. The summed E-state index contributed by atoms with van der Waals surface area (Å²) in [5.41, 5.74) is 0. The summed E-state index contributed by atoms with van der Waals surface area (Å²) < 4.78 is 21.5. The largest absolute Gasteiger partial charge is 0.481 e. The van der Waals surface area contributed by atoms with Crippen LogP contribution in [0, 0.1) is 11.8 Å². The summed E-state index contributed by atoms with van der Waals surface area (Å²) in [6.07, 6.45) is 35.6. The van der Waals surface area contributed by atoms with Gasteiger partial charge in [0.2, 0.25) is 0 Å². The molecule has 2 atom stereocenters. The number of nitrogens with zero attached hydrogens (tertiary/aromatic N) is 1. The fourth-order valence-corrected chi connectivity index (χ4v) is 8.08. The molecule has 0 spiro atoms. The van der Waals surface area contributed by atoms with Crippen molar-refractivity contribution < 1.29 is 48.0 Å². The number of hydrogen-bond donors (Lipinski definition) is 1. The summed E-state index contributed by atoms with van der Waals surface area (Å²) in [5, 5.41) is 8.62. The van der Waals surface area contributed by atoms with E-state index in [1.54, 1.807) is 0 Å². The molecule has 376 valence electrons. The minimum atomic E-state index is -0.789. The van der Waals surface area contributed by atoms with Crippen molar-refractivity contribution in [1.82, 2.24) is 4.90 Å². The molecule has 1 aliphatic heterocycles. The third kappa shape index (κ3) is 40.8. The molecule has 0 aromatic rings. The number of ether oxygens (including phenoxy) is 4. The zero-order valence-electron chi connectivity index (χ0n) is 41.9. The summed E-state index contributed by atoms with van der Waals surface area (Å²) in [6, 6.07) is 0. The van der Waals surface area contributed by atoms with Gasteiger partial charge in [0, 0.05) is 25.8 Å². The van der Waals surface area contributed by atoms with Crippen LogP contribution in [0.3, 0.4) is 0 Å². The predicted molar refractivity (Wildman–Crippen MR) is 259 cm³/mol. The highest BCUT2D eigenvalue weighted by Crippen LogP contribution is 2.22. The average Bonchev–Trinajstić information content (AvgIpc) is 3.29. The van der Waals surface area contributed by atoms with E-state index in [9.17, 15) is 24.0 Å². The Morgan fingerprint density at radius 3 is 1.19 bits per heavy atom. The van der Waals surface area contributed by atoms with Crippen molar-refractivity contribution in [3.63, 3.8) is 0 Å². The van der Waals surface area contributed by atoms with Gasteiger partial charge in [-0.2, -0.15) is 0 Å². The summed E-state index contributed by atoms with van der Waals surface area (Å²) >= 11 is 0. The number of carboxylic acid groups (broad SMARTS) is 1.